The fraction of sp³-hybridized carbons (Fsp3) is 0.500. The van der Waals surface area contributed by atoms with Gasteiger partial charge in [0.05, 0.1) is 13.0 Å². The van der Waals surface area contributed by atoms with E-state index in [2.05, 4.69) is 5.16 Å². The van der Waals surface area contributed by atoms with E-state index in [0.29, 0.717) is 11.7 Å². The van der Waals surface area contributed by atoms with E-state index in [9.17, 15) is 4.79 Å². The Bertz CT molecular complexity index is 431. The van der Waals surface area contributed by atoms with Crippen molar-refractivity contribution in [2.45, 2.75) is 32.1 Å². The molecule has 17 heavy (non-hydrogen) atoms. The molecule has 1 aliphatic rings. The van der Waals surface area contributed by atoms with Gasteiger partial charge in [0.2, 0.25) is 0 Å². The number of furan rings is 1. The van der Waals surface area contributed by atoms with E-state index < -0.39 is 5.97 Å². The molecule has 0 bridgehead atoms. The molecule has 1 N–H and O–H groups in total. The largest absolute Gasteiger partial charge is 0.465 e. The van der Waals surface area contributed by atoms with Crippen molar-refractivity contribution in [1.82, 2.24) is 0 Å². The van der Waals surface area contributed by atoms with Crippen LogP contribution < -0.4 is 0 Å². The third-order valence-electron chi connectivity index (χ3n) is 2.64. The van der Waals surface area contributed by atoms with Crippen molar-refractivity contribution in [3.63, 3.8) is 0 Å². The van der Waals surface area contributed by atoms with Crippen LogP contribution in [0.25, 0.3) is 0 Å². The monoisotopic (exact) mass is 237 g/mol. The van der Waals surface area contributed by atoms with Gasteiger partial charge < -0.3 is 14.4 Å². The zero-order valence-corrected chi connectivity index (χ0v) is 9.68. The molecule has 1 aliphatic carbocycles. The average Bonchev–Trinajstić information content (AvgIpc) is 3.07. The highest BCUT2D eigenvalue weighted by Gasteiger charge is 2.27. The number of carbonyl (C=O) groups is 1. The highest BCUT2D eigenvalue weighted by molar-refractivity contribution is 6.36. The second-order valence-electron chi connectivity index (χ2n) is 4.02. The van der Waals surface area contributed by atoms with E-state index in [1.54, 1.807) is 13.0 Å². The third kappa shape index (κ3) is 2.87. The molecule has 1 aromatic rings. The lowest BCUT2D eigenvalue weighted by atomic mass is 10.2. The summed E-state index contributed by atoms with van der Waals surface area (Å²) in [6.07, 6.45) is 2.47. The van der Waals surface area contributed by atoms with Crippen LogP contribution >= 0.6 is 0 Å². The number of carbonyl (C=O) groups excluding carboxylic acids is 1. The van der Waals surface area contributed by atoms with Crippen LogP contribution in [0.3, 0.4) is 0 Å². The van der Waals surface area contributed by atoms with Crippen molar-refractivity contribution in [3.05, 3.63) is 23.7 Å². The zero-order chi connectivity index (χ0) is 12.3. The Morgan fingerprint density at radius 3 is 2.94 bits per heavy atom. The number of hydrogen-bond donors (Lipinski definition) is 1. The number of nitrogens with zero attached hydrogens (tertiary/aromatic N) is 1. The predicted molar refractivity (Wildman–Crippen MR) is 60.2 cm³/mol. The van der Waals surface area contributed by atoms with Crippen molar-refractivity contribution >= 4 is 11.7 Å². The molecule has 2 rings (SSSR count). The van der Waals surface area contributed by atoms with E-state index in [-0.39, 0.29) is 18.7 Å². The first-order valence-corrected chi connectivity index (χ1v) is 5.71. The topological polar surface area (TPSA) is 72.0 Å². The molecule has 1 aromatic heterocycles. The van der Waals surface area contributed by atoms with Gasteiger partial charge in [0.15, 0.2) is 5.71 Å². The van der Waals surface area contributed by atoms with Gasteiger partial charge in [-0.15, -0.1) is 0 Å². The molecular formula is C12H15NO4. The van der Waals surface area contributed by atoms with Crippen LogP contribution in [0.1, 0.15) is 37.2 Å². The molecular weight excluding hydrogens is 222 g/mol. The first-order chi connectivity index (χ1) is 8.24. The third-order valence-corrected chi connectivity index (χ3v) is 2.64. The highest BCUT2D eigenvalue weighted by Crippen LogP contribution is 2.40. The molecule has 0 aliphatic heterocycles. The van der Waals surface area contributed by atoms with Gasteiger partial charge in [-0.25, -0.2) is 4.79 Å². The van der Waals surface area contributed by atoms with Gasteiger partial charge in [-0.2, -0.15) is 0 Å². The summed E-state index contributed by atoms with van der Waals surface area (Å²) >= 11 is 0. The van der Waals surface area contributed by atoms with Gasteiger partial charge in [-0.1, -0.05) is 5.16 Å². The van der Waals surface area contributed by atoms with Gasteiger partial charge in [0, 0.05) is 5.92 Å². The Balaban J connectivity index is 1.99. The van der Waals surface area contributed by atoms with E-state index in [1.165, 1.54) is 0 Å². The minimum atomic E-state index is -0.612. The molecule has 5 heteroatoms. The molecule has 1 saturated carbocycles. The Kier molecular flexibility index (Phi) is 3.46. The summed E-state index contributed by atoms with van der Waals surface area (Å²) in [5.41, 5.74) is -0.0384. The summed E-state index contributed by atoms with van der Waals surface area (Å²) in [6.45, 7) is 1.95. The van der Waals surface area contributed by atoms with Crippen molar-refractivity contribution in [3.8, 4) is 0 Å². The Morgan fingerprint density at radius 1 is 1.59 bits per heavy atom. The lowest BCUT2D eigenvalue weighted by molar-refractivity contribution is -0.135. The SMILES string of the molecule is CCOC(=O)/C(Cc1ccc(C2CC2)o1)=N\O. The van der Waals surface area contributed by atoms with Gasteiger partial charge >= 0.3 is 5.97 Å². The molecule has 1 fully saturated rings. The van der Waals surface area contributed by atoms with Crippen molar-refractivity contribution < 1.29 is 19.2 Å². The Labute approximate surface area is 99.1 Å². The van der Waals surface area contributed by atoms with Crippen LogP contribution in [0.15, 0.2) is 21.7 Å². The number of ether oxygens (including phenoxy) is 1. The standard InChI is InChI=1S/C12H15NO4/c1-2-16-12(14)10(13-15)7-9-5-6-11(17-9)8-3-4-8/h5-6,8,15H,2-4,7H2,1H3/b13-10-. The van der Waals surface area contributed by atoms with Crippen LogP contribution in [0.5, 0.6) is 0 Å². The van der Waals surface area contributed by atoms with Crippen molar-refractivity contribution in [2.24, 2.45) is 5.16 Å². The van der Waals surface area contributed by atoms with Crippen molar-refractivity contribution in [1.29, 1.82) is 0 Å². The van der Waals surface area contributed by atoms with Crippen LogP contribution in [-0.2, 0) is 16.0 Å². The smallest absolute Gasteiger partial charge is 0.356 e. The maximum absolute atomic E-state index is 11.4. The Morgan fingerprint density at radius 2 is 2.35 bits per heavy atom. The summed E-state index contributed by atoms with van der Waals surface area (Å²) < 4.78 is 10.3. The van der Waals surface area contributed by atoms with E-state index >= 15 is 0 Å². The number of oxime groups is 1. The van der Waals surface area contributed by atoms with Crippen LogP contribution in [0.2, 0.25) is 0 Å². The quantitative estimate of drug-likeness (QED) is 0.368. The summed E-state index contributed by atoms with van der Waals surface area (Å²) in [6, 6.07) is 3.71. The molecule has 1 heterocycles. The maximum atomic E-state index is 11.4. The number of hydrogen-bond acceptors (Lipinski definition) is 5. The Hall–Kier alpha value is -1.78. The summed E-state index contributed by atoms with van der Waals surface area (Å²) in [4.78, 5) is 11.4. The molecule has 0 unspecified atom stereocenters. The zero-order valence-electron chi connectivity index (χ0n) is 9.68. The van der Waals surface area contributed by atoms with Gasteiger partial charge in [-0.05, 0) is 31.9 Å². The fourth-order valence-corrected chi connectivity index (χ4v) is 1.60. The minimum Gasteiger partial charge on any atom is -0.465 e. The van der Waals surface area contributed by atoms with Gasteiger partial charge in [0.25, 0.3) is 0 Å². The van der Waals surface area contributed by atoms with Crippen LogP contribution in [0.4, 0.5) is 0 Å². The van der Waals surface area contributed by atoms with Crippen LogP contribution in [0, 0.1) is 0 Å². The molecule has 0 amide bonds. The highest BCUT2D eigenvalue weighted by atomic mass is 16.5. The molecule has 0 spiro atoms. The van der Waals surface area contributed by atoms with Crippen LogP contribution in [-0.4, -0.2) is 23.5 Å². The average molecular weight is 237 g/mol. The first-order valence-electron chi connectivity index (χ1n) is 5.71. The predicted octanol–water partition coefficient (Wildman–Crippen LogP) is 2.09. The molecule has 0 atom stereocenters. The van der Waals surface area contributed by atoms with Gasteiger partial charge in [0.1, 0.15) is 11.5 Å². The second kappa shape index (κ2) is 5.03. The van der Waals surface area contributed by atoms with E-state index in [1.807, 2.05) is 6.07 Å². The summed E-state index contributed by atoms with van der Waals surface area (Å²) in [5, 5.41) is 11.7. The van der Waals surface area contributed by atoms with Crippen molar-refractivity contribution in [2.75, 3.05) is 6.61 Å². The summed E-state index contributed by atoms with van der Waals surface area (Å²) in [5.74, 6) is 1.48. The number of rotatable bonds is 5. The second-order valence-corrected chi connectivity index (χ2v) is 4.02. The fourth-order valence-electron chi connectivity index (χ4n) is 1.60. The molecule has 92 valence electrons. The minimum absolute atomic E-state index is 0.0384. The maximum Gasteiger partial charge on any atom is 0.356 e. The molecule has 5 nitrogen and oxygen atoms in total. The summed E-state index contributed by atoms with van der Waals surface area (Å²) in [7, 11) is 0. The lowest BCUT2D eigenvalue weighted by Gasteiger charge is -2.02. The molecule has 0 aromatic carbocycles. The molecule has 0 radical (unpaired) electrons. The van der Waals surface area contributed by atoms with Gasteiger partial charge in [-0.3, -0.25) is 0 Å². The first kappa shape index (κ1) is 11.7. The van der Waals surface area contributed by atoms with E-state index in [4.69, 9.17) is 14.4 Å². The normalized spacial score (nSPS) is 15.9. The lowest BCUT2D eigenvalue weighted by Crippen LogP contribution is -2.19. The number of esters is 1. The molecule has 0 saturated heterocycles. The van der Waals surface area contributed by atoms with E-state index in [0.717, 1.165) is 18.6 Å².